The van der Waals surface area contributed by atoms with Crippen LogP contribution in [0.25, 0.3) is 0 Å². The van der Waals surface area contributed by atoms with Crippen molar-refractivity contribution in [3.63, 3.8) is 0 Å². The lowest BCUT2D eigenvalue weighted by Gasteiger charge is -1.74. The van der Waals surface area contributed by atoms with Gasteiger partial charge in [0.15, 0.2) is 0 Å². The highest BCUT2D eigenvalue weighted by molar-refractivity contribution is 8.02. The molecule has 0 bridgehead atoms. The van der Waals surface area contributed by atoms with Gasteiger partial charge in [0.05, 0.1) is 12.1 Å². The van der Waals surface area contributed by atoms with E-state index >= 15 is 0 Å². The van der Waals surface area contributed by atoms with Gasteiger partial charge >= 0.3 is 0 Å². The highest BCUT2D eigenvalue weighted by atomic mass is 32.2. The molecule has 0 aliphatic carbocycles. The second-order valence-corrected chi connectivity index (χ2v) is 1.61. The Labute approximate surface area is 45.6 Å². The first-order valence-electron chi connectivity index (χ1n) is 1.63. The third-order valence-electron chi connectivity index (χ3n) is 0.290. The largest absolute Gasteiger partial charge is 0.290 e. The zero-order valence-electron chi connectivity index (χ0n) is 3.56. The summed E-state index contributed by atoms with van der Waals surface area (Å²) >= 11 is 1.07. The van der Waals surface area contributed by atoms with Crippen molar-refractivity contribution in [3.8, 4) is 0 Å². The first-order chi connectivity index (χ1) is 3.41. The van der Waals surface area contributed by atoms with Gasteiger partial charge in [-0.25, -0.2) is 4.39 Å². The Morgan fingerprint density at radius 3 is 3.00 bits per heavy atom. The lowest BCUT2D eigenvalue weighted by molar-refractivity contribution is 0.560. The first-order valence-corrected chi connectivity index (χ1v) is 2.68. The molecule has 0 aromatic carbocycles. The third-order valence-corrected chi connectivity index (χ3v) is 0.870. The minimum absolute atomic E-state index is 0.209. The molecule has 3 heteroatoms. The smallest absolute Gasteiger partial charge is 0.209 e. The standard InChI is InChI=1S/C4H4FOS/c5-1-3-7-4-2-6/h1,3H,4H2. The van der Waals surface area contributed by atoms with Crippen molar-refractivity contribution in [1.82, 2.24) is 0 Å². The van der Waals surface area contributed by atoms with E-state index in [0.717, 1.165) is 11.8 Å². The molecule has 1 radical (unpaired) electrons. The van der Waals surface area contributed by atoms with Crippen LogP contribution in [0.3, 0.4) is 0 Å². The fourth-order valence-corrected chi connectivity index (χ4v) is 0.356. The number of hydrogen-bond acceptors (Lipinski definition) is 2. The molecule has 0 amide bonds. The van der Waals surface area contributed by atoms with Gasteiger partial charge in [0, 0.05) is 0 Å². The Balaban J connectivity index is 2.82. The average Bonchev–Trinajstić information content (AvgIpc) is 1.69. The van der Waals surface area contributed by atoms with Gasteiger partial charge in [-0.2, -0.15) is 0 Å². The van der Waals surface area contributed by atoms with Crippen molar-refractivity contribution >= 4 is 18.0 Å². The monoisotopic (exact) mass is 119 g/mol. The molecule has 0 aliphatic heterocycles. The van der Waals surface area contributed by atoms with E-state index in [1.54, 1.807) is 6.29 Å². The molecule has 0 aromatic heterocycles. The van der Waals surface area contributed by atoms with E-state index in [1.807, 2.05) is 0 Å². The van der Waals surface area contributed by atoms with Gasteiger partial charge < -0.3 is 0 Å². The van der Waals surface area contributed by atoms with Gasteiger partial charge in [-0.05, 0) is 5.41 Å². The lowest BCUT2D eigenvalue weighted by Crippen LogP contribution is -1.70. The Bertz CT molecular complexity index is 72.1. The molecule has 0 rings (SSSR count). The molecule has 0 atom stereocenters. The van der Waals surface area contributed by atoms with Crippen LogP contribution >= 0.6 is 11.8 Å². The summed E-state index contributed by atoms with van der Waals surface area (Å²) in [4.78, 5) is 9.38. The summed E-state index contributed by atoms with van der Waals surface area (Å²) in [6, 6.07) is 0. The highest BCUT2D eigenvalue weighted by Crippen LogP contribution is 1.97. The Morgan fingerprint density at radius 2 is 2.57 bits per heavy atom. The zero-order valence-corrected chi connectivity index (χ0v) is 4.37. The average molecular weight is 119 g/mol. The summed E-state index contributed by atoms with van der Waals surface area (Å²) in [6.45, 7) is 0. The van der Waals surface area contributed by atoms with E-state index in [0.29, 0.717) is 6.33 Å². The maximum absolute atomic E-state index is 11.0. The maximum Gasteiger partial charge on any atom is 0.209 e. The lowest BCUT2D eigenvalue weighted by atomic mass is 10.9. The molecule has 0 heterocycles. The SMILES string of the molecule is O=[C]CSC=CF. The van der Waals surface area contributed by atoms with E-state index in [-0.39, 0.29) is 5.75 Å². The third kappa shape index (κ3) is 5.69. The van der Waals surface area contributed by atoms with Crippen LogP contribution in [0.2, 0.25) is 0 Å². The summed E-state index contributed by atoms with van der Waals surface area (Å²) in [7, 11) is 0. The number of thioether (sulfide) groups is 1. The minimum Gasteiger partial charge on any atom is -0.290 e. The van der Waals surface area contributed by atoms with Crippen LogP contribution in [0, 0.1) is 0 Å². The number of rotatable bonds is 3. The molecular formula is C4H4FOS. The van der Waals surface area contributed by atoms with Crippen molar-refractivity contribution in [1.29, 1.82) is 0 Å². The predicted octanol–water partition coefficient (Wildman–Crippen LogP) is 1.27. The molecule has 0 aromatic rings. The summed E-state index contributed by atoms with van der Waals surface area (Å²) < 4.78 is 11.0. The summed E-state index contributed by atoms with van der Waals surface area (Å²) in [6.07, 6.45) is 1.99. The minimum atomic E-state index is 0.209. The van der Waals surface area contributed by atoms with Gasteiger partial charge in [-0.1, -0.05) is 0 Å². The summed E-state index contributed by atoms with van der Waals surface area (Å²) in [5.74, 6) is 0.209. The maximum atomic E-state index is 11.0. The molecule has 7 heavy (non-hydrogen) atoms. The fourth-order valence-electron chi connectivity index (χ4n) is 0.119. The van der Waals surface area contributed by atoms with Crippen LogP contribution < -0.4 is 0 Å². The van der Waals surface area contributed by atoms with Crippen LogP contribution in [-0.4, -0.2) is 12.0 Å². The van der Waals surface area contributed by atoms with Crippen molar-refractivity contribution in [2.45, 2.75) is 0 Å². The van der Waals surface area contributed by atoms with Gasteiger partial charge in [-0.15, -0.1) is 11.8 Å². The number of halogens is 1. The van der Waals surface area contributed by atoms with Crippen molar-refractivity contribution in [2.75, 3.05) is 5.75 Å². The molecular weight excluding hydrogens is 115 g/mol. The van der Waals surface area contributed by atoms with Crippen LogP contribution in [0.4, 0.5) is 4.39 Å². The molecule has 0 unspecified atom stereocenters. The number of hydrogen-bond donors (Lipinski definition) is 0. The van der Waals surface area contributed by atoms with E-state index in [2.05, 4.69) is 0 Å². The van der Waals surface area contributed by atoms with E-state index in [1.165, 1.54) is 5.41 Å². The Kier molecular flexibility index (Phi) is 5.44. The quantitative estimate of drug-likeness (QED) is 0.520. The fraction of sp³-hybridized carbons (Fsp3) is 0.250. The van der Waals surface area contributed by atoms with Crippen molar-refractivity contribution in [3.05, 3.63) is 11.7 Å². The van der Waals surface area contributed by atoms with Crippen LogP contribution in [0.1, 0.15) is 0 Å². The Hall–Kier alpha value is -0.310. The van der Waals surface area contributed by atoms with Crippen LogP contribution in [-0.2, 0) is 4.79 Å². The molecule has 0 saturated heterocycles. The summed E-state index contributed by atoms with van der Waals surface area (Å²) in [5.41, 5.74) is 0. The predicted molar refractivity (Wildman–Crippen MR) is 28.4 cm³/mol. The van der Waals surface area contributed by atoms with E-state index < -0.39 is 0 Å². The molecule has 0 spiro atoms. The molecule has 0 N–H and O–H groups in total. The summed E-state index contributed by atoms with van der Waals surface area (Å²) in [5, 5.41) is 1.20. The second kappa shape index (κ2) is 5.69. The normalized spacial score (nSPS) is 9.86. The zero-order chi connectivity index (χ0) is 5.54. The molecule has 0 fully saturated rings. The molecule has 0 saturated carbocycles. The Morgan fingerprint density at radius 1 is 1.86 bits per heavy atom. The molecule has 0 aliphatic rings. The first kappa shape index (κ1) is 6.69. The topological polar surface area (TPSA) is 17.1 Å². The second-order valence-electron chi connectivity index (χ2n) is 0.717. The van der Waals surface area contributed by atoms with E-state index in [9.17, 15) is 9.18 Å². The van der Waals surface area contributed by atoms with Crippen LogP contribution in [0.15, 0.2) is 11.7 Å². The van der Waals surface area contributed by atoms with Crippen LogP contribution in [0.5, 0.6) is 0 Å². The van der Waals surface area contributed by atoms with Gasteiger partial charge in [0.1, 0.15) is 0 Å². The van der Waals surface area contributed by atoms with Crippen molar-refractivity contribution in [2.24, 2.45) is 0 Å². The van der Waals surface area contributed by atoms with Crippen molar-refractivity contribution < 1.29 is 9.18 Å². The highest BCUT2D eigenvalue weighted by Gasteiger charge is 1.75. The number of carbonyl (C=O) groups excluding carboxylic acids is 1. The van der Waals surface area contributed by atoms with Gasteiger partial charge in [0.25, 0.3) is 0 Å². The van der Waals surface area contributed by atoms with Gasteiger partial charge in [-0.3, -0.25) is 4.79 Å². The molecule has 39 valence electrons. The van der Waals surface area contributed by atoms with Gasteiger partial charge in [0.2, 0.25) is 6.29 Å². The van der Waals surface area contributed by atoms with E-state index in [4.69, 9.17) is 0 Å². The molecule has 1 nitrogen and oxygen atoms in total.